The number of pyridine rings is 1. The number of aromatic nitrogens is 1. The van der Waals surface area contributed by atoms with E-state index >= 15 is 0 Å². The maximum absolute atomic E-state index is 10.5. The van der Waals surface area contributed by atoms with Crippen LogP contribution in [0.3, 0.4) is 0 Å². The highest BCUT2D eigenvalue weighted by Crippen LogP contribution is 2.24. The summed E-state index contributed by atoms with van der Waals surface area (Å²) in [6.45, 7) is 2.00. The van der Waals surface area contributed by atoms with Crippen LogP contribution in [0.4, 0.5) is 0 Å². The summed E-state index contributed by atoms with van der Waals surface area (Å²) in [5.41, 5.74) is 2.97. The lowest BCUT2D eigenvalue weighted by atomic mass is 10.0. The van der Waals surface area contributed by atoms with E-state index in [1.54, 1.807) is 12.3 Å². The summed E-state index contributed by atoms with van der Waals surface area (Å²) >= 11 is 0. The zero-order chi connectivity index (χ0) is 11.5. The van der Waals surface area contributed by atoms with E-state index in [1.165, 1.54) is 0 Å². The van der Waals surface area contributed by atoms with Crippen molar-refractivity contribution < 1.29 is 9.90 Å². The van der Waals surface area contributed by atoms with E-state index in [2.05, 4.69) is 4.98 Å². The van der Waals surface area contributed by atoms with Crippen LogP contribution in [0.5, 0.6) is 5.75 Å². The number of hydrogen-bond acceptors (Lipinski definition) is 3. The van der Waals surface area contributed by atoms with Gasteiger partial charge in [-0.1, -0.05) is 29.8 Å². The van der Waals surface area contributed by atoms with Gasteiger partial charge in [-0.3, -0.25) is 4.79 Å². The van der Waals surface area contributed by atoms with Gasteiger partial charge in [0.25, 0.3) is 0 Å². The van der Waals surface area contributed by atoms with Crippen LogP contribution in [-0.4, -0.2) is 16.4 Å². The van der Waals surface area contributed by atoms with Gasteiger partial charge >= 0.3 is 0 Å². The molecular formula is C13H11NO2. The van der Waals surface area contributed by atoms with Crippen molar-refractivity contribution in [1.82, 2.24) is 4.98 Å². The quantitative estimate of drug-likeness (QED) is 0.780. The van der Waals surface area contributed by atoms with Crippen molar-refractivity contribution >= 4 is 6.29 Å². The monoisotopic (exact) mass is 213 g/mol. The Hall–Kier alpha value is -2.16. The van der Waals surface area contributed by atoms with Crippen molar-refractivity contribution in [2.45, 2.75) is 6.92 Å². The normalized spacial score (nSPS) is 10.1. The third-order valence-corrected chi connectivity index (χ3v) is 2.36. The third kappa shape index (κ3) is 1.93. The fourth-order valence-electron chi connectivity index (χ4n) is 1.54. The van der Waals surface area contributed by atoms with Gasteiger partial charge in [-0.2, -0.15) is 0 Å². The molecular weight excluding hydrogens is 202 g/mol. The van der Waals surface area contributed by atoms with Gasteiger partial charge in [0.15, 0.2) is 6.29 Å². The highest BCUT2D eigenvalue weighted by molar-refractivity contribution is 5.78. The molecule has 16 heavy (non-hydrogen) atoms. The maximum Gasteiger partial charge on any atom is 0.172 e. The third-order valence-electron chi connectivity index (χ3n) is 2.36. The number of carbonyl (C=O) groups is 1. The van der Waals surface area contributed by atoms with Crippen LogP contribution < -0.4 is 0 Å². The molecule has 0 unspecified atom stereocenters. The molecule has 80 valence electrons. The van der Waals surface area contributed by atoms with Crippen LogP contribution >= 0.6 is 0 Å². The molecule has 0 aliphatic rings. The molecule has 0 fully saturated rings. The van der Waals surface area contributed by atoms with E-state index in [4.69, 9.17) is 0 Å². The smallest absolute Gasteiger partial charge is 0.172 e. The molecule has 3 heteroatoms. The van der Waals surface area contributed by atoms with Crippen molar-refractivity contribution in [3.8, 4) is 16.9 Å². The molecule has 0 saturated heterocycles. The van der Waals surface area contributed by atoms with Crippen molar-refractivity contribution in [2.75, 3.05) is 0 Å². The van der Waals surface area contributed by atoms with Gasteiger partial charge in [0.2, 0.25) is 0 Å². The molecule has 0 atom stereocenters. The maximum atomic E-state index is 10.5. The molecule has 0 bridgehead atoms. The minimum absolute atomic E-state index is 0.0661. The van der Waals surface area contributed by atoms with Gasteiger partial charge in [0, 0.05) is 11.8 Å². The first kappa shape index (κ1) is 10.4. The second-order valence-corrected chi connectivity index (χ2v) is 3.62. The Morgan fingerprint density at radius 3 is 2.69 bits per heavy atom. The number of hydrogen-bond donors (Lipinski definition) is 1. The molecule has 0 spiro atoms. The lowest BCUT2D eigenvalue weighted by molar-refractivity contribution is 0.111. The van der Waals surface area contributed by atoms with Crippen molar-refractivity contribution in [2.24, 2.45) is 0 Å². The summed E-state index contributed by atoms with van der Waals surface area (Å²) in [5, 5.41) is 9.53. The number of aryl methyl sites for hydroxylation is 1. The average molecular weight is 213 g/mol. The molecule has 3 nitrogen and oxygen atoms in total. The van der Waals surface area contributed by atoms with Crippen molar-refractivity contribution in [3.05, 3.63) is 47.8 Å². The van der Waals surface area contributed by atoms with E-state index in [1.807, 2.05) is 31.2 Å². The number of aldehydes is 1. The molecule has 2 rings (SSSR count). The van der Waals surface area contributed by atoms with Crippen LogP contribution in [-0.2, 0) is 0 Å². The number of nitrogens with zero attached hydrogens (tertiary/aromatic N) is 1. The SMILES string of the molecule is Cc1cccc(-c2cnc(C=O)c(O)c2)c1. The van der Waals surface area contributed by atoms with E-state index < -0.39 is 0 Å². The Labute approximate surface area is 93.4 Å². The Morgan fingerprint density at radius 2 is 2.06 bits per heavy atom. The van der Waals surface area contributed by atoms with E-state index in [0.717, 1.165) is 16.7 Å². The summed E-state index contributed by atoms with van der Waals surface area (Å²) in [4.78, 5) is 14.4. The van der Waals surface area contributed by atoms with Crippen LogP contribution in [0.2, 0.25) is 0 Å². The largest absolute Gasteiger partial charge is 0.506 e. The number of aromatic hydroxyl groups is 1. The summed E-state index contributed by atoms with van der Waals surface area (Å²) in [6, 6.07) is 9.42. The van der Waals surface area contributed by atoms with Gasteiger partial charge in [0.1, 0.15) is 11.4 Å². The highest BCUT2D eigenvalue weighted by Gasteiger charge is 2.04. The van der Waals surface area contributed by atoms with Gasteiger partial charge in [-0.05, 0) is 18.6 Å². The van der Waals surface area contributed by atoms with Crippen LogP contribution in [0.25, 0.3) is 11.1 Å². The van der Waals surface area contributed by atoms with Crippen molar-refractivity contribution in [3.63, 3.8) is 0 Å². The Kier molecular flexibility index (Phi) is 2.68. The summed E-state index contributed by atoms with van der Waals surface area (Å²) in [5.74, 6) is -0.0889. The Bertz CT molecular complexity index is 535. The first-order chi connectivity index (χ1) is 7.70. The fourth-order valence-corrected chi connectivity index (χ4v) is 1.54. The van der Waals surface area contributed by atoms with Crippen LogP contribution in [0.15, 0.2) is 36.5 Å². The van der Waals surface area contributed by atoms with Gasteiger partial charge < -0.3 is 5.11 Å². The lowest BCUT2D eigenvalue weighted by Gasteiger charge is -2.04. The summed E-state index contributed by atoms with van der Waals surface area (Å²) in [7, 11) is 0. The molecule has 0 saturated carbocycles. The lowest BCUT2D eigenvalue weighted by Crippen LogP contribution is -1.88. The zero-order valence-corrected chi connectivity index (χ0v) is 8.84. The van der Waals surface area contributed by atoms with Gasteiger partial charge in [-0.25, -0.2) is 4.98 Å². The van der Waals surface area contributed by atoms with Gasteiger partial charge in [0.05, 0.1) is 0 Å². The first-order valence-corrected chi connectivity index (χ1v) is 4.92. The predicted molar refractivity (Wildman–Crippen MR) is 61.5 cm³/mol. The van der Waals surface area contributed by atoms with Crippen LogP contribution in [0, 0.1) is 6.92 Å². The second-order valence-electron chi connectivity index (χ2n) is 3.62. The van der Waals surface area contributed by atoms with E-state index in [0.29, 0.717) is 6.29 Å². The van der Waals surface area contributed by atoms with Crippen LogP contribution in [0.1, 0.15) is 16.1 Å². The summed E-state index contributed by atoms with van der Waals surface area (Å²) < 4.78 is 0. The standard InChI is InChI=1S/C13H11NO2/c1-9-3-2-4-10(5-9)11-6-13(16)12(8-15)14-7-11/h2-8,16H,1H3. The van der Waals surface area contributed by atoms with Crippen molar-refractivity contribution in [1.29, 1.82) is 0 Å². The topological polar surface area (TPSA) is 50.2 Å². The summed E-state index contributed by atoms with van der Waals surface area (Å²) in [6.07, 6.45) is 2.12. The number of carbonyl (C=O) groups excluding carboxylic acids is 1. The van der Waals surface area contributed by atoms with E-state index in [9.17, 15) is 9.90 Å². The molecule has 1 heterocycles. The minimum Gasteiger partial charge on any atom is -0.506 e. The molecule has 1 aromatic heterocycles. The highest BCUT2D eigenvalue weighted by atomic mass is 16.3. The molecule has 2 aromatic rings. The Balaban J connectivity index is 2.49. The zero-order valence-electron chi connectivity index (χ0n) is 8.84. The molecule has 1 aromatic carbocycles. The molecule has 0 radical (unpaired) electrons. The van der Waals surface area contributed by atoms with Gasteiger partial charge in [-0.15, -0.1) is 0 Å². The minimum atomic E-state index is -0.0889. The molecule has 0 aliphatic heterocycles. The number of benzene rings is 1. The Morgan fingerprint density at radius 1 is 1.25 bits per heavy atom. The molecule has 0 aliphatic carbocycles. The fraction of sp³-hybridized carbons (Fsp3) is 0.0769. The number of rotatable bonds is 2. The predicted octanol–water partition coefficient (Wildman–Crippen LogP) is 2.58. The first-order valence-electron chi connectivity index (χ1n) is 4.92. The van der Waals surface area contributed by atoms with E-state index in [-0.39, 0.29) is 11.4 Å². The average Bonchev–Trinajstić information content (AvgIpc) is 2.29. The molecule has 1 N–H and O–H groups in total. The molecule has 0 amide bonds. The second kappa shape index (κ2) is 4.14.